The maximum atomic E-state index is 10.7. The monoisotopic (exact) mass is 231 g/mol. The van der Waals surface area contributed by atoms with Crippen LogP contribution in [0, 0.1) is 0 Å². The van der Waals surface area contributed by atoms with Gasteiger partial charge in [0, 0.05) is 12.4 Å². The van der Waals surface area contributed by atoms with Crippen molar-refractivity contribution in [3.8, 4) is 0 Å². The van der Waals surface area contributed by atoms with Gasteiger partial charge in [0.2, 0.25) is 0 Å². The second kappa shape index (κ2) is 6.41. The fourth-order valence-electron chi connectivity index (χ4n) is 1.01. The minimum Gasteiger partial charge on any atom is -0.479 e. The molecule has 1 heterocycles. The summed E-state index contributed by atoms with van der Waals surface area (Å²) in [5, 5.41) is 15.9. The van der Waals surface area contributed by atoms with Gasteiger partial charge in [0.1, 0.15) is 6.33 Å². The first-order valence-electron chi connectivity index (χ1n) is 4.56. The molecule has 0 aliphatic carbocycles. The molecule has 15 heavy (non-hydrogen) atoms. The number of ether oxygens (including phenoxy) is 1. The molecule has 0 saturated heterocycles. The van der Waals surface area contributed by atoms with Crippen molar-refractivity contribution >= 4 is 17.7 Å². The maximum Gasteiger partial charge on any atom is 0.332 e. The number of carboxylic acids is 1. The van der Waals surface area contributed by atoms with E-state index < -0.39 is 12.1 Å². The van der Waals surface area contributed by atoms with Gasteiger partial charge in [-0.1, -0.05) is 11.8 Å². The van der Waals surface area contributed by atoms with Gasteiger partial charge in [0.15, 0.2) is 11.3 Å². The number of rotatable bonds is 7. The third-order valence-corrected chi connectivity index (χ3v) is 2.56. The number of aliphatic carboxylic acids is 1. The van der Waals surface area contributed by atoms with E-state index in [2.05, 4.69) is 15.2 Å². The first-order valence-corrected chi connectivity index (χ1v) is 5.55. The van der Waals surface area contributed by atoms with Gasteiger partial charge in [-0.25, -0.2) is 9.78 Å². The zero-order valence-electron chi connectivity index (χ0n) is 8.34. The molecule has 0 fully saturated rings. The Bertz CT molecular complexity index is 291. The zero-order chi connectivity index (χ0) is 11.1. The van der Waals surface area contributed by atoms with Crippen molar-refractivity contribution in [2.24, 2.45) is 0 Å². The molecule has 0 bridgehead atoms. The molecule has 1 rings (SSSR count). The number of carboxylic acid groups (broad SMARTS) is 1. The summed E-state index contributed by atoms with van der Waals surface area (Å²) in [5.41, 5.74) is 0. The lowest BCUT2D eigenvalue weighted by Gasteiger charge is -2.10. The lowest BCUT2D eigenvalue weighted by molar-refractivity contribution is -0.150. The smallest absolute Gasteiger partial charge is 0.332 e. The Hall–Kier alpha value is -1.08. The quantitative estimate of drug-likeness (QED) is 0.674. The van der Waals surface area contributed by atoms with Crippen LogP contribution in [-0.4, -0.2) is 44.7 Å². The van der Waals surface area contributed by atoms with Crippen molar-refractivity contribution in [3.05, 3.63) is 6.33 Å². The van der Waals surface area contributed by atoms with E-state index in [9.17, 15) is 4.79 Å². The van der Waals surface area contributed by atoms with Gasteiger partial charge in [-0.05, 0) is 13.3 Å². The summed E-state index contributed by atoms with van der Waals surface area (Å²) >= 11 is 1.43. The van der Waals surface area contributed by atoms with Crippen molar-refractivity contribution in [2.45, 2.75) is 24.6 Å². The highest BCUT2D eigenvalue weighted by atomic mass is 32.2. The van der Waals surface area contributed by atoms with E-state index in [0.717, 1.165) is 0 Å². The van der Waals surface area contributed by atoms with Crippen LogP contribution in [-0.2, 0) is 9.53 Å². The highest BCUT2D eigenvalue weighted by Gasteiger charge is 2.16. The molecule has 0 amide bonds. The fourth-order valence-corrected chi connectivity index (χ4v) is 1.77. The maximum absolute atomic E-state index is 10.7. The predicted molar refractivity (Wildman–Crippen MR) is 54.8 cm³/mol. The zero-order valence-corrected chi connectivity index (χ0v) is 9.16. The van der Waals surface area contributed by atoms with E-state index in [0.29, 0.717) is 23.9 Å². The average molecular weight is 231 g/mol. The number of hydrogen-bond donors (Lipinski definition) is 2. The fraction of sp³-hybridized carbons (Fsp3) is 0.625. The molecule has 0 aliphatic rings. The number of nitrogens with zero attached hydrogens (tertiary/aromatic N) is 2. The van der Waals surface area contributed by atoms with Crippen LogP contribution in [0.15, 0.2) is 11.5 Å². The standard InChI is InChI=1S/C8H13N3O3S/c1-2-14-6(7(12)13)3-4-15-8-9-5-10-11-8/h5-6H,2-4H2,1H3,(H,12,13)(H,9,10,11). The number of carbonyl (C=O) groups is 1. The lowest BCUT2D eigenvalue weighted by Crippen LogP contribution is -2.24. The Morgan fingerprint density at radius 3 is 3.13 bits per heavy atom. The number of H-pyrrole nitrogens is 1. The molecule has 1 unspecified atom stereocenters. The van der Waals surface area contributed by atoms with Crippen molar-refractivity contribution in [2.75, 3.05) is 12.4 Å². The summed E-state index contributed by atoms with van der Waals surface area (Å²) in [6.45, 7) is 2.18. The molecule has 0 aliphatic heterocycles. The molecule has 0 radical (unpaired) electrons. The lowest BCUT2D eigenvalue weighted by atomic mass is 10.3. The molecule has 84 valence electrons. The molecule has 7 heteroatoms. The van der Waals surface area contributed by atoms with Crippen LogP contribution in [0.2, 0.25) is 0 Å². The van der Waals surface area contributed by atoms with Gasteiger partial charge in [-0.15, -0.1) is 0 Å². The van der Waals surface area contributed by atoms with Gasteiger partial charge < -0.3 is 9.84 Å². The van der Waals surface area contributed by atoms with E-state index in [4.69, 9.17) is 9.84 Å². The second-order valence-corrected chi connectivity index (χ2v) is 3.79. The normalized spacial score (nSPS) is 12.6. The number of nitrogens with one attached hydrogen (secondary N) is 1. The summed E-state index contributed by atoms with van der Waals surface area (Å²) in [4.78, 5) is 14.6. The molecule has 1 aromatic heterocycles. The summed E-state index contributed by atoms with van der Waals surface area (Å²) in [7, 11) is 0. The Morgan fingerprint density at radius 2 is 2.60 bits per heavy atom. The Morgan fingerprint density at radius 1 is 1.80 bits per heavy atom. The highest BCUT2D eigenvalue weighted by molar-refractivity contribution is 7.99. The van der Waals surface area contributed by atoms with Crippen LogP contribution in [0.1, 0.15) is 13.3 Å². The largest absolute Gasteiger partial charge is 0.479 e. The highest BCUT2D eigenvalue weighted by Crippen LogP contribution is 2.14. The summed E-state index contributed by atoms with van der Waals surface area (Å²) in [6.07, 6.45) is 1.14. The third-order valence-electron chi connectivity index (χ3n) is 1.66. The van der Waals surface area contributed by atoms with Crippen molar-refractivity contribution in [3.63, 3.8) is 0 Å². The molecule has 2 N–H and O–H groups in total. The topological polar surface area (TPSA) is 88.1 Å². The molecule has 0 aromatic carbocycles. The Balaban J connectivity index is 2.25. The second-order valence-electron chi connectivity index (χ2n) is 2.71. The number of hydrogen-bond acceptors (Lipinski definition) is 5. The number of aromatic amines is 1. The minimum absolute atomic E-state index is 0.407. The van der Waals surface area contributed by atoms with Gasteiger partial charge in [-0.2, -0.15) is 5.10 Å². The molecule has 0 spiro atoms. The van der Waals surface area contributed by atoms with Crippen LogP contribution < -0.4 is 0 Å². The van der Waals surface area contributed by atoms with Gasteiger partial charge in [-0.3, -0.25) is 5.10 Å². The molecule has 1 aromatic rings. The first kappa shape index (κ1) is 12.0. The number of aromatic nitrogens is 3. The summed E-state index contributed by atoms with van der Waals surface area (Å²) in [6, 6.07) is 0. The van der Waals surface area contributed by atoms with E-state index in [1.165, 1.54) is 18.1 Å². The van der Waals surface area contributed by atoms with Crippen LogP contribution in [0.4, 0.5) is 0 Å². The van der Waals surface area contributed by atoms with Crippen molar-refractivity contribution < 1.29 is 14.6 Å². The number of thioether (sulfide) groups is 1. The predicted octanol–water partition coefficient (Wildman–Crippen LogP) is 0.777. The van der Waals surface area contributed by atoms with Gasteiger partial charge >= 0.3 is 5.97 Å². The Kier molecular flexibility index (Phi) is 5.13. The van der Waals surface area contributed by atoms with Crippen LogP contribution >= 0.6 is 11.8 Å². The van der Waals surface area contributed by atoms with E-state index >= 15 is 0 Å². The van der Waals surface area contributed by atoms with Crippen LogP contribution in [0.5, 0.6) is 0 Å². The van der Waals surface area contributed by atoms with Crippen LogP contribution in [0.25, 0.3) is 0 Å². The van der Waals surface area contributed by atoms with Crippen molar-refractivity contribution in [1.29, 1.82) is 0 Å². The molecular formula is C8H13N3O3S. The third kappa shape index (κ3) is 4.30. The minimum atomic E-state index is -0.921. The average Bonchev–Trinajstić information content (AvgIpc) is 2.69. The Labute approximate surface area is 91.4 Å². The van der Waals surface area contributed by atoms with E-state index in [1.807, 2.05) is 0 Å². The van der Waals surface area contributed by atoms with E-state index in [1.54, 1.807) is 6.92 Å². The van der Waals surface area contributed by atoms with Gasteiger partial charge in [0.05, 0.1) is 0 Å². The van der Waals surface area contributed by atoms with Crippen molar-refractivity contribution in [1.82, 2.24) is 15.2 Å². The van der Waals surface area contributed by atoms with Crippen LogP contribution in [0.3, 0.4) is 0 Å². The molecule has 6 nitrogen and oxygen atoms in total. The first-order chi connectivity index (χ1) is 7.24. The van der Waals surface area contributed by atoms with E-state index in [-0.39, 0.29) is 0 Å². The molecule has 0 saturated carbocycles. The summed E-state index contributed by atoms with van der Waals surface area (Å²) in [5.74, 6) is -0.290. The summed E-state index contributed by atoms with van der Waals surface area (Å²) < 4.78 is 5.06. The SMILES string of the molecule is CCOC(CCSc1ncn[nH]1)C(=O)O. The molecular weight excluding hydrogens is 218 g/mol. The van der Waals surface area contributed by atoms with Gasteiger partial charge in [0.25, 0.3) is 0 Å². The molecule has 1 atom stereocenters.